The Morgan fingerprint density at radius 2 is 2.06 bits per heavy atom. The zero-order valence-electron chi connectivity index (χ0n) is 9.30. The van der Waals surface area contributed by atoms with E-state index >= 15 is 0 Å². The summed E-state index contributed by atoms with van der Waals surface area (Å²) in [5.74, 6) is 0.215. The third kappa shape index (κ3) is 3.11. The van der Waals surface area contributed by atoms with E-state index in [1.54, 1.807) is 31.5 Å². The van der Waals surface area contributed by atoms with Crippen molar-refractivity contribution in [3.63, 3.8) is 0 Å². The van der Waals surface area contributed by atoms with E-state index in [4.69, 9.17) is 4.74 Å². The molecule has 0 spiro atoms. The van der Waals surface area contributed by atoms with Gasteiger partial charge in [0.25, 0.3) is 0 Å². The molecule has 0 aliphatic carbocycles. The van der Waals surface area contributed by atoms with Crippen molar-refractivity contribution in [2.24, 2.45) is 0 Å². The molecule has 0 bridgehead atoms. The Balaban J connectivity index is 2.16. The van der Waals surface area contributed by atoms with E-state index < -0.39 is 0 Å². The van der Waals surface area contributed by atoms with Gasteiger partial charge in [-0.2, -0.15) is 0 Å². The number of nitrogens with zero attached hydrogens (tertiary/aromatic N) is 2. The van der Waals surface area contributed by atoms with Gasteiger partial charge >= 0.3 is 0 Å². The highest BCUT2D eigenvalue weighted by atomic mass is 19.1. The zero-order chi connectivity index (χ0) is 12.1. The summed E-state index contributed by atoms with van der Waals surface area (Å²) < 4.78 is 17.6. The predicted molar refractivity (Wildman–Crippen MR) is 63.9 cm³/mol. The molecule has 0 aliphatic rings. The lowest BCUT2D eigenvalue weighted by atomic mass is 10.2. The first-order valence-electron chi connectivity index (χ1n) is 5.07. The third-order valence-corrected chi connectivity index (χ3v) is 2.16. The lowest BCUT2D eigenvalue weighted by Gasteiger charge is -1.98. The summed E-state index contributed by atoms with van der Waals surface area (Å²) in [6.07, 6.45) is 6.52. The summed E-state index contributed by atoms with van der Waals surface area (Å²) in [7, 11) is 1.57. The number of halogens is 1. The van der Waals surface area contributed by atoms with Crippen molar-refractivity contribution in [1.82, 2.24) is 9.97 Å². The van der Waals surface area contributed by atoms with E-state index in [0.717, 1.165) is 5.56 Å². The monoisotopic (exact) mass is 230 g/mol. The molecule has 0 fully saturated rings. The molecule has 0 aromatic carbocycles. The molecular formula is C13H11FN2O. The maximum atomic E-state index is 12.6. The lowest BCUT2D eigenvalue weighted by molar-refractivity contribution is 0.398. The van der Waals surface area contributed by atoms with E-state index in [2.05, 4.69) is 9.97 Å². The maximum absolute atomic E-state index is 12.6. The van der Waals surface area contributed by atoms with E-state index in [9.17, 15) is 4.39 Å². The van der Waals surface area contributed by atoms with Gasteiger partial charge in [0.1, 0.15) is 5.82 Å². The molecular weight excluding hydrogens is 219 g/mol. The SMILES string of the molecule is COc1cc(C=Cc2ccc(F)cn2)ccn1. The van der Waals surface area contributed by atoms with Gasteiger partial charge in [0.15, 0.2) is 0 Å². The van der Waals surface area contributed by atoms with E-state index in [1.165, 1.54) is 12.3 Å². The van der Waals surface area contributed by atoms with Crippen LogP contribution in [0.2, 0.25) is 0 Å². The van der Waals surface area contributed by atoms with Crippen molar-refractivity contribution >= 4 is 12.2 Å². The van der Waals surface area contributed by atoms with Crippen LogP contribution in [0.25, 0.3) is 12.2 Å². The molecule has 0 saturated heterocycles. The highest BCUT2D eigenvalue weighted by Gasteiger charge is 1.94. The average molecular weight is 230 g/mol. The highest BCUT2D eigenvalue weighted by Crippen LogP contribution is 2.11. The van der Waals surface area contributed by atoms with Gasteiger partial charge in [0, 0.05) is 12.3 Å². The quantitative estimate of drug-likeness (QED) is 0.813. The minimum atomic E-state index is -0.340. The average Bonchev–Trinajstić information content (AvgIpc) is 2.38. The van der Waals surface area contributed by atoms with Crippen LogP contribution in [0, 0.1) is 5.82 Å². The number of pyridine rings is 2. The fourth-order valence-corrected chi connectivity index (χ4v) is 1.31. The molecule has 17 heavy (non-hydrogen) atoms. The number of aromatic nitrogens is 2. The molecule has 2 heterocycles. The fraction of sp³-hybridized carbons (Fsp3) is 0.0769. The molecule has 0 amide bonds. The van der Waals surface area contributed by atoms with Gasteiger partial charge in [-0.15, -0.1) is 0 Å². The topological polar surface area (TPSA) is 35.0 Å². The molecule has 0 N–H and O–H groups in total. The maximum Gasteiger partial charge on any atom is 0.213 e. The van der Waals surface area contributed by atoms with Gasteiger partial charge in [0.2, 0.25) is 5.88 Å². The van der Waals surface area contributed by atoms with Crippen molar-refractivity contribution in [1.29, 1.82) is 0 Å². The highest BCUT2D eigenvalue weighted by molar-refractivity contribution is 5.68. The smallest absolute Gasteiger partial charge is 0.213 e. The standard InChI is InChI=1S/C13H11FN2O/c1-17-13-8-10(6-7-15-13)2-4-12-5-3-11(14)9-16-12/h2-9H,1H3. The van der Waals surface area contributed by atoms with Crippen molar-refractivity contribution in [2.75, 3.05) is 7.11 Å². The Kier molecular flexibility index (Phi) is 3.45. The molecule has 0 radical (unpaired) electrons. The summed E-state index contributed by atoms with van der Waals surface area (Å²) >= 11 is 0. The van der Waals surface area contributed by atoms with Crippen LogP contribution in [-0.2, 0) is 0 Å². The molecule has 4 heteroatoms. The van der Waals surface area contributed by atoms with Crippen molar-refractivity contribution < 1.29 is 9.13 Å². The van der Waals surface area contributed by atoms with E-state index in [-0.39, 0.29) is 5.82 Å². The Hall–Kier alpha value is -2.23. The van der Waals surface area contributed by atoms with Crippen LogP contribution in [-0.4, -0.2) is 17.1 Å². The Bertz CT molecular complexity index is 523. The van der Waals surface area contributed by atoms with Crippen LogP contribution < -0.4 is 4.74 Å². The second-order valence-corrected chi connectivity index (χ2v) is 3.37. The first-order valence-corrected chi connectivity index (χ1v) is 5.07. The van der Waals surface area contributed by atoms with Crippen LogP contribution in [0.4, 0.5) is 4.39 Å². The van der Waals surface area contributed by atoms with Gasteiger partial charge in [-0.3, -0.25) is 4.98 Å². The van der Waals surface area contributed by atoms with Crippen LogP contribution in [0.5, 0.6) is 5.88 Å². The Morgan fingerprint density at radius 3 is 2.76 bits per heavy atom. The Morgan fingerprint density at radius 1 is 1.18 bits per heavy atom. The largest absolute Gasteiger partial charge is 0.481 e. The Labute approximate surface area is 98.6 Å². The van der Waals surface area contributed by atoms with Gasteiger partial charge < -0.3 is 4.74 Å². The minimum Gasteiger partial charge on any atom is -0.481 e. The summed E-state index contributed by atoms with van der Waals surface area (Å²) in [6, 6.07) is 6.65. The van der Waals surface area contributed by atoms with Gasteiger partial charge in [-0.25, -0.2) is 9.37 Å². The normalized spacial score (nSPS) is 10.7. The number of hydrogen-bond acceptors (Lipinski definition) is 3. The van der Waals surface area contributed by atoms with Crippen molar-refractivity contribution in [3.05, 3.63) is 53.7 Å². The van der Waals surface area contributed by atoms with E-state index in [1.807, 2.05) is 12.1 Å². The van der Waals surface area contributed by atoms with Crippen LogP contribution in [0.15, 0.2) is 36.7 Å². The van der Waals surface area contributed by atoms with Crippen LogP contribution in [0.3, 0.4) is 0 Å². The van der Waals surface area contributed by atoms with Gasteiger partial charge in [-0.1, -0.05) is 6.08 Å². The molecule has 3 nitrogen and oxygen atoms in total. The number of ether oxygens (including phenoxy) is 1. The fourth-order valence-electron chi connectivity index (χ4n) is 1.31. The molecule has 0 saturated carbocycles. The predicted octanol–water partition coefficient (Wildman–Crippen LogP) is 2.79. The molecule has 0 atom stereocenters. The minimum absolute atomic E-state index is 0.340. The summed E-state index contributed by atoms with van der Waals surface area (Å²) in [6.45, 7) is 0. The molecule has 2 rings (SSSR count). The number of rotatable bonds is 3. The van der Waals surface area contributed by atoms with E-state index in [0.29, 0.717) is 11.6 Å². The second-order valence-electron chi connectivity index (χ2n) is 3.37. The molecule has 2 aromatic heterocycles. The molecule has 86 valence electrons. The molecule has 2 aromatic rings. The van der Waals surface area contributed by atoms with Crippen LogP contribution in [0.1, 0.15) is 11.3 Å². The van der Waals surface area contributed by atoms with Gasteiger partial charge in [-0.05, 0) is 29.8 Å². The number of methoxy groups -OCH3 is 1. The lowest BCUT2D eigenvalue weighted by Crippen LogP contribution is -1.86. The molecule has 0 aliphatic heterocycles. The second kappa shape index (κ2) is 5.21. The molecule has 0 unspecified atom stereocenters. The summed E-state index contributed by atoms with van der Waals surface area (Å²) in [4.78, 5) is 7.93. The summed E-state index contributed by atoms with van der Waals surface area (Å²) in [5.41, 5.74) is 1.64. The van der Waals surface area contributed by atoms with Crippen LogP contribution >= 0.6 is 0 Å². The van der Waals surface area contributed by atoms with Gasteiger partial charge in [0.05, 0.1) is 19.0 Å². The van der Waals surface area contributed by atoms with Crippen molar-refractivity contribution in [3.8, 4) is 5.88 Å². The number of hydrogen-bond donors (Lipinski definition) is 0. The zero-order valence-corrected chi connectivity index (χ0v) is 9.30. The third-order valence-electron chi connectivity index (χ3n) is 2.16. The first kappa shape index (κ1) is 11.3. The first-order chi connectivity index (χ1) is 8.28. The van der Waals surface area contributed by atoms with Crippen molar-refractivity contribution in [2.45, 2.75) is 0 Å². The summed E-state index contributed by atoms with van der Waals surface area (Å²) in [5, 5.41) is 0.